The van der Waals surface area contributed by atoms with Crippen molar-refractivity contribution in [3.05, 3.63) is 22.1 Å². The third-order valence-electron chi connectivity index (χ3n) is 3.27. The van der Waals surface area contributed by atoms with E-state index in [0.29, 0.717) is 12.2 Å². The highest BCUT2D eigenvalue weighted by Crippen LogP contribution is 2.19. The number of nitrogens with zero attached hydrogens (tertiary/aromatic N) is 4. The molecule has 0 atom stereocenters. The van der Waals surface area contributed by atoms with E-state index in [-0.39, 0.29) is 5.82 Å². The standard InChI is InChI=1S/C10H16N4O2.C2HF3O2/c1-12-8-11-10(14(15)16)9(12)7-13-5-3-2-4-6-13;3-2(4,5)1(6)7/h8H,2-7H2,1H3;(H,6,7). The molecule has 1 fully saturated rings. The molecule has 11 heteroatoms. The fourth-order valence-electron chi connectivity index (χ4n) is 2.11. The molecule has 8 nitrogen and oxygen atoms in total. The largest absolute Gasteiger partial charge is 0.490 e. The smallest absolute Gasteiger partial charge is 0.475 e. The Bertz CT molecular complexity index is 553. The number of halogens is 3. The average molecular weight is 338 g/mol. The summed E-state index contributed by atoms with van der Waals surface area (Å²) < 4.78 is 33.5. The van der Waals surface area contributed by atoms with E-state index < -0.39 is 17.1 Å². The van der Waals surface area contributed by atoms with Crippen LogP contribution in [0.3, 0.4) is 0 Å². The summed E-state index contributed by atoms with van der Waals surface area (Å²) in [6.45, 7) is 2.69. The van der Waals surface area contributed by atoms with Crippen molar-refractivity contribution in [2.24, 2.45) is 7.05 Å². The van der Waals surface area contributed by atoms with E-state index in [1.807, 2.05) is 0 Å². The van der Waals surface area contributed by atoms with E-state index >= 15 is 0 Å². The first-order valence-corrected chi connectivity index (χ1v) is 6.80. The molecule has 0 spiro atoms. The zero-order valence-corrected chi connectivity index (χ0v) is 12.4. The maximum absolute atomic E-state index is 10.8. The van der Waals surface area contributed by atoms with Crippen molar-refractivity contribution in [3.63, 3.8) is 0 Å². The Labute approximate surface area is 129 Å². The molecule has 0 aliphatic carbocycles. The van der Waals surface area contributed by atoms with Gasteiger partial charge in [0.05, 0.1) is 0 Å². The second-order valence-corrected chi connectivity index (χ2v) is 5.02. The molecular formula is C12H17F3N4O4. The molecule has 2 heterocycles. The first-order valence-electron chi connectivity index (χ1n) is 6.80. The number of carbonyl (C=O) groups is 1. The minimum atomic E-state index is -5.08. The number of aryl methyl sites for hydroxylation is 1. The molecule has 0 radical (unpaired) electrons. The molecular weight excluding hydrogens is 321 g/mol. The van der Waals surface area contributed by atoms with Crippen LogP contribution in [0.4, 0.5) is 19.0 Å². The van der Waals surface area contributed by atoms with Gasteiger partial charge in [-0.2, -0.15) is 13.2 Å². The van der Waals surface area contributed by atoms with Crippen LogP contribution in [0, 0.1) is 10.1 Å². The van der Waals surface area contributed by atoms with Gasteiger partial charge in [-0.15, -0.1) is 0 Å². The van der Waals surface area contributed by atoms with Gasteiger partial charge in [-0.1, -0.05) is 6.42 Å². The zero-order valence-electron chi connectivity index (χ0n) is 12.4. The van der Waals surface area contributed by atoms with Crippen LogP contribution in [0.2, 0.25) is 0 Å². The Kier molecular flexibility index (Phi) is 6.49. The molecule has 0 amide bonds. The Morgan fingerprint density at radius 2 is 1.91 bits per heavy atom. The summed E-state index contributed by atoms with van der Waals surface area (Å²) in [7, 11) is 1.80. The number of likely N-dealkylation sites (tertiary alicyclic amines) is 1. The number of hydrogen-bond donors (Lipinski definition) is 1. The number of alkyl halides is 3. The normalized spacial score (nSPS) is 15.7. The van der Waals surface area contributed by atoms with Gasteiger partial charge in [0, 0.05) is 13.6 Å². The second-order valence-electron chi connectivity index (χ2n) is 5.02. The van der Waals surface area contributed by atoms with Gasteiger partial charge >= 0.3 is 18.0 Å². The molecule has 1 aliphatic rings. The van der Waals surface area contributed by atoms with Crippen LogP contribution in [0.15, 0.2) is 6.33 Å². The van der Waals surface area contributed by atoms with Crippen LogP contribution < -0.4 is 0 Å². The van der Waals surface area contributed by atoms with E-state index in [4.69, 9.17) is 9.90 Å². The quantitative estimate of drug-likeness (QED) is 0.668. The van der Waals surface area contributed by atoms with Crippen molar-refractivity contribution >= 4 is 11.8 Å². The summed E-state index contributed by atoms with van der Waals surface area (Å²) >= 11 is 0. The topological polar surface area (TPSA) is 101 Å². The van der Waals surface area contributed by atoms with E-state index in [9.17, 15) is 23.3 Å². The number of piperidine rings is 1. The van der Waals surface area contributed by atoms with Crippen LogP contribution >= 0.6 is 0 Å². The predicted octanol–water partition coefficient (Wildman–Crippen LogP) is 1.95. The first kappa shape index (κ1) is 18.9. The highest BCUT2D eigenvalue weighted by atomic mass is 19.4. The Morgan fingerprint density at radius 1 is 1.39 bits per heavy atom. The van der Waals surface area contributed by atoms with Gasteiger partial charge in [0.15, 0.2) is 0 Å². The third-order valence-corrected chi connectivity index (χ3v) is 3.27. The molecule has 0 bridgehead atoms. The Balaban J connectivity index is 0.000000322. The van der Waals surface area contributed by atoms with Crippen molar-refractivity contribution in [3.8, 4) is 0 Å². The summed E-state index contributed by atoms with van der Waals surface area (Å²) in [5.41, 5.74) is 0.701. The molecule has 1 aliphatic heterocycles. The Hall–Kier alpha value is -2.17. The predicted molar refractivity (Wildman–Crippen MR) is 72.7 cm³/mol. The summed E-state index contributed by atoms with van der Waals surface area (Å²) in [6, 6.07) is 0. The van der Waals surface area contributed by atoms with Crippen molar-refractivity contribution in [2.75, 3.05) is 13.1 Å². The second kappa shape index (κ2) is 7.90. The van der Waals surface area contributed by atoms with Crippen LogP contribution in [0.25, 0.3) is 0 Å². The minimum absolute atomic E-state index is 0.00641. The zero-order chi connectivity index (χ0) is 17.6. The number of aliphatic carboxylic acids is 1. The molecule has 1 aromatic rings. The van der Waals surface area contributed by atoms with Crippen molar-refractivity contribution in [2.45, 2.75) is 32.0 Å². The first-order chi connectivity index (χ1) is 10.6. The molecule has 0 saturated carbocycles. The monoisotopic (exact) mass is 338 g/mol. The molecule has 1 saturated heterocycles. The number of carboxylic acids is 1. The number of hydrogen-bond acceptors (Lipinski definition) is 5. The highest BCUT2D eigenvalue weighted by molar-refractivity contribution is 5.73. The lowest BCUT2D eigenvalue weighted by Gasteiger charge is -2.25. The maximum atomic E-state index is 10.8. The van der Waals surface area contributed by atoms with Gasteiger partial charge in [0.25, 0.3) is 0 Å². The van der Waals surface area contributed by atoms with Gasteiger partial charge < -0.3 is 19.8 Å². The summed E-state index contributed by atoms with van der Waals surface area (Å²) in [6.07, 6.45) is 0.0681. The lowest BCUT2D eigenvalue weighted by molar-refractivity contribution is -0.390. The van der Waals surface area contributed by atoms with Crippen LogP contribution in [0.1, 0.15) is 25.0 Å². The number of imidazole rings is 1. The molecule has 0 aromatic carbocycles. The maximum Gasteiger partial charge on any atom is 0.490 e. The fraction of sp³-hybridized carbons (Fsp3) is 0.667. The van der Waals surface area contributed by atoms with E-state index in [1.54, 1.807) is 11.6 Å². The molecule has 0 unspecified atom stereocenters. The van der Waals surface area contributed by atoms with E-state index in [2.05, 4.69) is 9.88 Å². The number of aromatic nitrogens is 2. The summed E-state index contributed by atoms with van der Waals surface area (Å²) in [5, 5.41) is 17.9. The molecule has 1 N–H and O–H groups in total. The highest BCUT2D eigenvalue weighted by Gasteiger charge is 2.38. The number of rotatable bonds is 3. The molecule has 2 rings (SSSR count). The molecule has 130 valence electrons. The van der Waals surface area contributed by atoms with E-state index in [1.165, 1.54) is 25.6 Å². The van der Waals surface area contributed by atoms with Gasteiger partial charge in [0.2, 0.25) is 6.33 Å². The van der Waals surface area contributed by atoms with Gasteiger partial charge in [-0.3, -0.25) is 4.90 Å². The van der Waals surface area contributed by atoms with Crippen LogP contribution in [-0.4, -0.2) is 49.7 Å². The van der Waals surface area contributed by atoms with Crippen molar-refractivity contribution < 1.29 is 28.0 Å². The average Bonchev–Trinajstić information content (AvgIpc) is 2.81. The number of nitro groups is 1. The van der Waals surface area contributed by atoms with Crippen LogP contribution in [-0.2, 0) is 18.4 Å². The van der Waals surface area contributed by atoms with Gasteiger partial charge in [-0.25, -0.2) is 4.79 Å². The fourth-order valence-corrected chi connectivity index (χ4v) is 2.11. The molecule has 23 heavy (non-hydrogen) atoms. The van der Waals surface area contributed by atoms with Crippen molar-refractivity contribution in [1.82, 2.24) is 14.5 Å². The Morgan fingerprint density at radius 3 is 2.35 bits per heavy atom. The SMILES string of the molecule is Cn1cnc([N+](=O)[O-])c1CN1CCCCC1.O=C(O)C(F)(F)F. The van der Waals surface area contributed by atoms with Gasteiger partial charge in [0.1, 0.15) is 5.69 Å². The van der Waals surface area contributed by atoms with E-state index in [0.717, 1.165) is 13.1 Å². The number of carboxylic acid groups (broad SMARTS) is 1. The summed E-state index contributed by atoms with van der Waals surface area (Å²) in [4.78, 5) is 25.4. The lowest BCUT2D eigenvalue weighted by atomic mass is 10.1. The third kappa shape index (κ3) is 5.85. The van der Waals surface area contributed by atoms with Crippen LogP contribution in [0.5, 0.6) is 0 Å². The van der Waals surface area contributed by atoms with Gasteiger partial charge in [-0.05, 0) is 35.8 Å². The minimum Gasteiger partial charge on any atom is -0.475 e. The van der Waals surface area contributed by atoms with Crippen molar-refractivity contribution in [1.29, 1.82) is 0 Å². The molecule has 1 aromatic heterocycles. The summed E-state index contributed by atoms with van der Waals surface area (Å²) in [5.74, 6) is -2.76. The lowest BCUT2D eigenvalue weighted by Crippen LogP contribution is -2.30.